The van der Waals surface area contributed by atoms with Gasteiger partial charge in [-0.15, -0.1) is 0 Å². The standard InChI is InChI=1S/C23H20F3N5O6/c1-11-13-9-17(34-2)18(35-3)10-16(13)29-21(27-11)31-22-28-15-5-4-12(36-7-6-32)8-14(15)19(30-22)37-20(33)23(24,25)26/h4-5,8-10,32H,6-7H2,1-3H3,(H,27,28,29,30,31). The van der Waals surface area contributed by atoms with Crippen molar-refractivity contribution in [3.05, 3.63) is 36.0 Å². The van der Waals surface area contributed by atoms with Gasteiger partial charge in [-0.25, -0.2) is 19.7 Å². The molecule has 0 aliphatic carbocycles. The van der Waals surface area contributed by atoms with E-state index in [1.807, 2.05) is 0 Å². The first-order chi connectivity index (χ1) is 17.6. The molecule has 194 valence electrons. The van der Waals surface area contributed by atoms with E-state index in [9.17, 15) is 18.0 Å². The highest BCUT2D eigenvalue weighted by atomic mass is 19.4. The predicted octanol–water partition coefficient (Wildman–Crippen LogP) is 3.48. The SMILES string of the molecule is COc1cc2nc(Nc3nc(OC(=O)C(F)(F)F)c4cc(OCCO)ccc4n3)nc(C)c2cc1OC. The van der Waals surface area contributed by atoms with Gasteiger partial charge in [0.25, 0.3) is 0 Å². The normalized spacial score (nSPS) is 11.4. The average molecular weight is 519 g/mol. The molecule has 2 heterocycles. The van der Waals surface area contributed by atoms with Crippen LogP contribution in [0.3, 0.4) is 0 Å². The molecule has 0 bridgehead atoms. The smallest absolute Gasteiger partial charge is 0.491 e. The number of fused-ring (bicyclic) bond motifs is 2. The summed E-state index contributed by atoms with van der Waals surface area (Å²) in [5.74, 6) is -2.19. The maximum absolute atomic E-state index is 12.9. The Labute approximate surface area is 207 Å². The van der Waals surface area contributed by atoms with Crippen molar-refractivity contribution in [3.8, 4) is 23.1 Å². The highest BCUT2D eigenvalue weighted by Crippen LogP contribution is 2.34. The quantitative estimate of drug-likeness (QED) is 0.331. The van der Waals surface area contributed by atoms with E-state index in [-0.39, 0.29) is 41.8 Å². The third-order valence-corrected chi connectivity index (χ3v) is 5.03. The van der Waals surface area contributed by atoms with E-state index >= 15 is 0 Å². The van der Waals surface area contributed by atoms with Gasteiger partial charge in [0.05, 0.1) is 42.9 Å². The van der Waals surface area contributed by atoms with Crippen molar-refractivity contribution in [2.24, 2.45) is 0 Å². The summed E-state index contributed by atoms with van der Waals surface area (Å²) >= 11 is 0. The molecule has 4 rings (SSSR count). The minimum absolute atomic E-state index is 0.0222. The van der Waals surface area contributed by atoms with Gasteiger partial charge in [0.2, 0.25) is 17.8 Å². The number of aromatic nitrogens is 4. The number of aliphatic hydroxyl groups is 1. The van der Waals surface area contributed by atoms with Crippen LogP contribution in [-0.4, -0.2) is 64.6 Å². The monoisotopic (exact) mass is 519 g/mol. The number of halogens is 3. The van der Waals surface area contributed by atoms with Gasteiger partial charge in [-0.2, -0.15) is 18.2 Å². The van der Waals surface area contributed by atoms with Gasteiger partial charge in [-0.05, 0) is 31.2 Å². The number of rotatable bonds is 8. The maximum atomic E-state index is 12.9. The molecule has 4 aromatic rings. The van der Waals surface area contributed by atoms with E-state index in [1.165, 1.54) is 32.4 Å². The van der Waals surface area contributed by atoms with Gasteiger partial charge < -0.3 is 24.1 Å². The molecule has 0 saturated carbocycles. The van der Waals surface area contributed by atoms with Crippen LogP contribution in [0.1, 0.15) is 5.69 Å². The second-order valence-corrected chi connectivity index (χ2v) is 7.47. The number of nitrogens with one attached hydrogen (secondary N) is 1. The lowest BCUT2D eigenvalue weighted by Crippen LogP contribution is -2.28. The summed E-state index contributed by atoms with van der Waals surface area (Å²) < 4.78 is 59.2. The van der Waals surface area contributed by atoms with E-state index in [4.69, 9.17) is 19.3 Å². The molecular formula is C23H20F3N5O6. The van der Waals surface area contributed by atoms with Crippen LogP contribution in [-0.2, 0) is 4.79 Å². The van der Waals surface area contributed by atoms with Gasteiger partial charge in [0.1, 0.15) is 12.4 Å². The van der Waals surface area contributed by atoms with Gasteiger partial charge in [-0.3, -0.25) is 5.32 Å². The largest absolute Gasteiger partial charge is 0.493 e. The summed E-state index contributed by atoms with van der Waals surface area (Å²) in [6.45, 7) is 1.39. The molecule has 2 N–H and O–H groups in total. The molecule has 2 aromatic heterocycles. The Hall–Kier alpha value is -4.46. The fourth-order valence-electron chi connectivity index (χ4n) is 3.38. The number of benzene rings is 2. The molecule has 37 heavy (non-hydrogen) atoms. The van der Waals surface area contributed by atoms with Gasteiger partial charge in [0.15, 0.2) is 11.5 Å². The fraction of sp³-hybridized carbons (Fsp3) is 0.261. The summed E-state index contributed by atoms with van der Waals surface area (Å²) in [5.41, 5.74) is 1.19. The summed E-state index contributed by atoms with van der Waals surface area (Å²) in [4.78, 5) is 28.5. The summed E-state index contributed by atoms with van der Waals surface area (Å²) in [5, 5.41) is 12.3. The molecule has 0 aliphatic rings. The summed E-state index contributed by atoms with van der Waals surface area (Å²) in [7, 11) is 2.97. The lowest BCUT2D eigenvalue weighted by atomic mass is 10.1. The Bertz CT molecular complexity index is 1480. The number of alkyl halides is 3. The third-order valence-electron chi connectivity index (χ3n) is 5.03. The first-order valence-corrected chi connectivity index (χ1v) is 10.6. The van der Waals surface area contributed by atoms with Crippen molar-refractivity contribution in [1.29, 1.82) is 0 Å². The van der Waals surface area contributed by atoms with E-state index in [1.54, 1.807) is 19.1 Å². The second kappa shape index (κ2) is 10.3. The van der Waals surface area contributed by atoms with Crippen molar-refractivity contribution in [2.45, 2.75) is 13.1 Å². The van der Waals surface area contributed by atoms with Crippen LogP contribution in [0.4, 0.5) is 25.1 Å². The summed E-state index contributed by atoms with van der Waals surface area (Å²) in [6.07, 6.45) is -5.26. The van der Waals surface area contributed by atoms with Crippen LogP contribution in [0.5, 0.6) is 23.1 Å². The molecule has 0 atom stereocenters. The van der Waals surface area contributed by atoms with Crippen LogP contribution in [0.2, 0.25) is 0 Å². The molecular weight excluding hydrogens is 499 g/mol. The number of aliphatic hydroxyl groups excluding tert-OH is 1. The van der Waals surface area contributed by atoms with Crippen LogP contribution >= 0.6 is 0 Å². The third kappa shape index (κ3) is 5.53. The molecule has 2 aromatic carbocycles. The first kappa shape index (κ1) is 25.6. The van der Waals surface area contributed by atoms with Crippen LogP contribution in [0, 0.1) is 6.92 Å². The number of carbonyl (C=O) groups is 1. The number of anilines is 2. The number of ether oxygens (including phenoxy) is 4. The number of hydrogen-bond acceptors (Lipinski definition) is 11. The number of carbonyl (C=O) groups excluding carboxylic acids is 1. The Morgan fingerprint density at radius 1 is 0.946 bits per heavy atom. The first-order valence-electron chi connectivity index (χ1n) is 10.6. The van der Waals surface area contributed by atoms with Crippen molar-refractivity contribution in [3.63, 3.8) is 0 Å². The number of methoxy groups -OCH3 is 2. The maximum Gasteiger partial charge on any atom is 0.491 e. The zero-order valence-corrected chi connectivity index (χ0v) is 19.7. The highest BCUT2D eigenvalue weighted by molar-refractivity contribution is 5.90. The Morgan fingerprint density at radius 2 is 1.62 bits per heavy atom. The molecule has 0 fully saturated rings. The number of nitrogens with zero attached hydrogens (tertiary/aromatic N) is 4. The number of aryl methyl sites for hydroxylation is 1. The lowest BCUT2D eigenvalue weighted by Gasteiger charge is -2.13. The summed E-state index contributed by atoms with van der Waals surface area (Å²) in [6, 6.07) is 7.57. The zero-order valence-electron chi connectivity index (χ0n) is 19.7. The minimum Gasteiger partial charge on any atom is -0.493 e. The number of esters is 1. The Kier molecular flexibility index (Phi) is 7.11. The molecule has 14 heteroatoms. The van der Waals surface area contributed by atoms with E-state index in [0.29, 0.717) is 28.1 Å². The molecule has 0 radical (unpaired) electrons. The zero-order chi connectivity index (χ0) is 26.7. The fourth-order valence-corrected chi connectivity index (χ4v) is 3.38. The van der Waals surface area contributed by atoms with Crippen LogP contribution in [0.15, 0.2) is 30.3 Å². The van der Waals surface area contributed by atoms with E-state index in [2.05, 4.69) is 30.0 Å². The molecule has 0 aliphatic heterocycles. The lowest BCUT2D eigenvalue weighted by molar-refractivity contribution is -0.189. The average Bonchev–Trinajstić information content (AvgIpc) is 2.86. The highest BCUT2D eigenvalue weighted by Gasteiger charge is 2.42. The van der Waals surface area contributed by atoms with Gasteiger partial charge in [-0.1, -0.05) is 0 Å². The van der Waals surface area contributed by atoms with Crippen molar-refractivity contribution in [1.82, 2.24) is 19.9 Å². The van der Waals surface area contributed by atoms with Crippen LogP contribution in [0.25, 0.3) is 21.8 Å². The Morgan fingerprint density at radius 3 is 2.30 bits per heavy atom. The van der Waals surface area contributed by atoms with Crippen molar-refractivity contribution in [2.75, 3.05) is 32.8 Å². The van der Waals surface area contributed by atoms with Crippen LogP contribution < -0.4 is 24.3 Å². The Balaban J connectivity index is 1.77. The number of hydrogen-bond donors (Lipinski definition) is 2. The minimum atomic E-state index is -5.26. The molecule has 11 nitrogen and oxygen atoms in total. The van der Waals surface area contributed by atoms with Crippen molar-refractivity contribution < 1.29 is 42.0 Å². The molecule has 0 amide bonds. The molecule has 0 unspecified atom stereocenters. The predicted molar refractivity (Wildman–Crippen MR) is 124 cm³/mol. The van der Waals surface area contributed by atoms with E-state index < -0.39 is 18.0 Å². The van der Waals surface area contributed by atoms with E-state index in [0.717, 1.165) is 0 Å². The topological polar surface area (TPSA) is 138 Å². The molecule has 0 spiro atoms. The second-order valence-electron chi connectivity index (χ2n) is 7.47. The van der Waals surface area contributed by atoms with Crippen molar-refractivity contribution >= 4 is 39.7 Å². The molecule has 0 saturated heterocycles. The van der Waals surface area contributed by atoms with Gasteiger partial charge in [0, 0.05) is 11.5 Å². The van der Waals surface area contributed by atoms with Gasteiger partial charge >= 0.3 is 12.1 Å².